The SMILES string of the molecule is CCNC(=NCCN(CC)c1ccccc1C)N1CCOC(c2cnn(C)c2)C1. The van der Waals surface area contributed by atoms with Crippen LogP contribution < -0.4 is 10.2 Å². The second-order valence-electron chi connectivity index (χ2n) is 7.35. The average molecular weight is 399 g/mol. The molecular formula is C22H34N6O. The zero-order valence-corrected chi connectivity index (χ0v) is 18.1. The Kier molecular flexibility index (Phi) is 7.52. The highest BCUT2D eigenvalue weighted by atomic mass is 16.5. The molecule has 0 saturated carbocycles. The largest absolute Gasteiger partial charge is 0.370 e. The van der Waals surface area contributed by atoms with Crippen LogP contribution in [-0.4, -0.2) is 66.5 Å². The van der Waals surface area contributed by atoms with E-state index in [9.17, 15) is 0 Å². The van der Waals surface area contributed by atoms with E-state index in [4.69, 9.17) is 9.73 Å². The summed E-state index contributed by atoms with van der Waals surface area (Å²) in [6.45, 7) is 12.3. The van der Waals surface area contributed by atoms with Gasteiger partial charge in [-0.3, -0.25) is 9.67 Å². The molecule has 0 bridgehead atoms. The minimum atomic E-state index is 0.0282. The summed E-state index contributed by atoms with van der Waals surface area (Å²) in [6.07, 6.45) is 3.94. The summed E-state index contributed by atoms with van der Waals surface area (Å²) in [4.78, 5) is 9.62. The number of aliphatic imine (C=N–C) groups is 1. The van der Waals surface area contributed by atoms with E-state index in [1.807, 2.05) is 24.1 Å². The maximum absolute atomic E-state index is 5.98. The number of nitrogens with zero attached hydrogens (tertiary/aromatic N) is 5. The molecule has 0 amide bonds. The average Bonchev–Trinajstić information content (AvgIpc) is 3.18. The zero-order valence-electron chi connectivity index (χ0n) is 18.1. The molecule has 29 heavy (non-hydrogen) atoms. The van der Waals surface area contributed by atoms with Gasteiger partial charge in [0.05, 0.1) is 25.9 Å². The number of benzene rings is 1. The molecule has 158 valence electrons. The number of anilines is 1. The van der Waals surface area contributed by atoms with Crippen molar-refractivity contribution in [3.8, 4) is 0 Å². The third kappa shape index (κ3) is 5.50. The second-order valence-corrected chi connectivity index (χ2v) is 7.35. The highest BCUT2D eigenvalue weighted by Crippen LogP contribution is 2.22. The van der Waals surface area contributed by atoms with Crippen molar-refractivity contribution in [2.75, 3.05) is 50.8 Å². The fraction of sp³-hybridized carbons (Fsp3) is 0.545. The number of para-hydroxylation sites is 1. The molecular weight excluding hydrogens is 364 g/mol. The van der Waals surface area contributed by atoms with Crippen LogP contribution in [0.3, 0.4) is 0 Å². The molecule has 1 fully saturated rings. The van der Waals surface area contributed by atoms with Gasteiger partial charge in [-0.25, -0.2) is 0 Å². The molecule has 1 aliphatic rings. The first-order valence-electron chi connectivity index (χ1n) is 10.6. The van der Waals surface area contributed by atoms with Crippen molar-refractivity contribution in [3.63, 3.8) is 0 Å². The van der Waals surface area contributed by atoms with Crippen molar-refractivity contribution in [1.29, 1.82) is 0 Å². The number of ether oxygens (including phenoxy) is 1. The third-order valence-corrected chi connectivity index (χ3v) is 5.27. The van der Waals surface area contributed by atoms with Crippen molar-refractivity contribution in [2.45, 2.75) is 26.9 Å². The molecule has 1 unspecified atom stereocenters. The minimum Gasteiger partial charge on any atom is -0.370 e. The van der Waals surface area contributed by atoms with Crippen LogP contribution in [0.25, 0.3) is 0 Å². The van der Waals surface area contributed by atoms with Crippen molar-refractivity contribution >= 4 is 11.6 Å². The Morgan fingerprint density at radius 2 is 2.17 bits per heavy atom. The molecule has 1 aromatic carbocycles. The number of likely N-dealkylation sites (N-methyl/N-ethyl adjacent to an activating group) is 1. The van der Waals surface area contributed by atoms with Crippen LogP contribution in [-0.2, 0) is 11.8 Å². The summed E-state index contributed by atoms with van der Waals surface area (Å²) in [5.74, 6) is 0.963. The topological polar surface area (TPSA) is 57.9 Å². The van der Waals surface area contributed by atoms with Crippen molar-refractivity contribution in [3.05, 3.63) is 47.8 Å². The van der Waals surface area contributed by atoms with Crippen LogP contribution in [0.4, 0.5) is 5.69 Å². The van der Waals surface area contributed by atoms with Gasteiger partial charge in [-0.15, -0.1) is 0 Å². The van der Waals surface area contributed by atoms with Crippen LogP contribution in [0.2, 0.25) is 0 Å². The summed E-state index contributed by atoms with van der Waals surface area (Å²) < 4.78 is 7.80. The Balaban J connectivity index is 1.65. The molecule has 0 radical (unpaired) electrons. The van der Waals surface area contributed by atoms with E-state index in [1.165, 1.54) is 11.3 Å². The lowest BCUT2D eigenvalue weighted by molar-refractivity contribution is -0.00803. The number of aryl methyl sites for hydroxylation is 2. The van der Waals surface area contributed by atoms with Crippen molar-refractivity contribution in [2.24, 2.45) is 12.0 Å². The first kappa shape index (κ1) is 21.2. The first-order chi connectivity index (χ1) is 14.1. The van der Waals surface area contributed by atoms with Gasteiger partial charge < -0.3 is 19.9 Å². The Morgan fingerprint density at radius 3 is 2.86 bits per heavy atom. The number of nitrogens with one attached hydrogen (secondary N) is 1. The molecule has 0 aliphatic carbocycles. The van der Waals surface area contributed by atoms with Crippen LogP contribution in [0.5, 0.6) is 0 Å². The van der Waals surface area contributed by atoms with Crippen molar-refractivity contribution in [1.82, 2.24) is 20.0 Å². The van der Waals surface area contributed by atoms with E-state index in [2.05, 4.69) is 65.3 Å². The van der Waals surface area contributed by atoms with Crippen LogP contribution in [0.15, 0.2) is 41.7 Å². The lowest BCUT2D eigenvalue weighted by Gasteiger charge is -2.35. The van der Waals surface area contributed by atoms with Gasteiger partial charge in [-0.2, -0.15) is 5.10 Å². The molecule has 2 aromatic rings. The zero-order chi connectivity index (χ0) is 20.6. The monoisotopic (exact) mass is 398 g/mol. The van der Waals surface area contributed by atoms with Gasteiger partial charge in [0.1, 0.15) is 6.10 Å². The maximum atomic E-state index is 5.98. The fourth-order valence-electron chi connectivity index (χ4n) is 3.72. The van der Waals surface area contributed by atoms with E-state index >= 15 is 0 Å². The van der Waals surface area contributed by atoms with Gasteiger partial charge in [0.15, 0.2) is 5.96 Å². The Hall–Kier alpha value is -2.54. The van der Waals surface area contributed by atoms with Gasteiger partial charge in [0.25, 0.3) is 0 Å². The molecule has 1 N–H and O–H groups in total. The molecule has 1 aliphatic heterocycles. The molecule has 7 nitrogen and oxygen atoms in total. The highest BCUT2D eigenvalue weighted by Gasteiger charge is 2.25. The Morgan fingerprint density at radius 1 is 1.34 bits per heavy atom. The number of guanidine groups is 1. The minimum absolute atomic E-state index is 0.0282. The number of morpholine rings is 1. The number of rotatable bonds is 7. The Labute approximate surface area is 174 Å². The maximum Gasteiger partial charge on any atom is 0.194 e. The van der Waals surface area contributed by atoms with Gasteiger partial charge >= 0.3 is 0 Å². The predicted octanol–water partition coefficient (Wildman–Crippen LogP) is 2.59. The smallest absolute Gasteiger partial charge is 0.194 e. The molecule has 2 heterocycles. The van der Waals surface area contributed by atoms with Crippen LogP contribution >= 0.6 is 0 Å². The molecule has 0 spiro atoms. The van der Waals surface area contributed by atoms with Gasteiger partial charge in [-0.1, -0.05) is 18.2 Å². The first-order valence-corrected chi connectivity index (χ1v) is 10.6. The molecule has 3 rings (SSSR count). The number of aromatic nitrogens is 2. The van der Waals surface area contributed by atoms with Crippen LogP contribution in [0, 0.1) is 6.92 Å². The van der Waals surface area contributed by atoms with E-state index in [-0.39, 0.29) is 6.10 Å². The second kappa shape index (κ2) is 10.3. The highest BCUT2D eigenvalue weighted by molar-refractivity contribution is 5.80. The van der Waals surface area contributed by atoms with Crippen LogP contribution in [0.1, 0.15) is 31.1 Å². The lowest BCUT2D eigenvalue weighted by Crippen LogP contribution is -2.48. The fourth-order valence-corrected chi connectivity index (χ4v) is 3.72. The Bertz CT molecular complexity index is 802. The quantitative estimate of drug-likeness (QED) is 0.574. The predicted molar refractivity (Wildman–Crippen MR) is 119 cm³/mol. The summed E-state index contributed by atoms with van der Waals surface area (Å²) >= 11 is 0. The molecule has 1 atom stereocenters. The molecule has 7 heteroatoms. The molecule has 1 aromatic heterocycles. The summed E-state index contributed by atoms with van der Waals surface area (Å²) in [5.41, 5.74) is 3.71. The summed E-state index contributed by atoms with van der Waals surface area (Å²) in [5, 5.41) is 7.73. The lowest BCUT2D eigenvalue weighted by atomic mass is 10.1. The van der Waals surface area contributed by atoms with Crippen molar-refractivity contribution < 1.29 is 4.74 Å². The summed E-state index contributed by atoms with van der Waals surface area (Å²) in [6, 6.07) is 8.54. The third-order valence-electron chi connectivity index (χ3n) is 5.27. The van der Waals surface area contributed by atoms with Gasteiger partial charge in [0, 0.05) is 50.7 Å². The van der Waals surface area contributed by atoms with E-state index in [1.54, 1.807) is 0 Å². The van der Waals surface area contributed by atoms with E-state index in [0.717, 1.165) is 50.8 Å². The van der Waals surface area contributed by atoms with Gasteiger partial charge in [-0.05, 0) is 32.4 Å². The van der Waals surface area contributed by atoms with E-state index < -0.39 is 0 Å². The normalized spacial score (nSPS) is 17.4. The number of hydrogen-bond donors (Lipinski definition) is 1. The standard InChI is InChI=1S/C22H34N6O/c1-5-23-22(24-11-12-27(6-2)20-10-8-7-9-18(20)3)28-13-14-29-21(17-28)19-15-25-26(4)16-19/h7-10,15-16,21H,5-6,11-14,17H2,1-4H3,(H,23,24). The van der Waals surface area contributed by atoms with E-state index in [0.29, 0.717) is 6.61 Å². The summed E-state index contributed by atoms with van der Waals surface area (Å²) in [7, 11) is 1.93. The number of hydrogen-bond acceptors (Lipinski definition) is 4. The van der Waals surface area contributed by atoms with Gasteiger partial charge in [0.2, 0.25) is 0 Å². The molecule has 1 saturated heterocycles.